The van der Waals surface area contributed by atoms with E-state index in [1.807, 2.05) is 4.72 Å². The van der Waals surface area contributed by atoms with Crippen LogP contribution in [0.25, 0.3) is 0 Å². The summed E-state index contributed by atoms with van der Waals surface area (Å²) in [5.41, 5.74) is 0.419. The van der Waals surface area contributed by atoms with Gasteiger partial charge in [0, 0.05) is 5.56 Å². The number of pyridine rings is 1. The monoisotopic (exact) mass is 441 g/mol. The lowest BCUT2D eigenvalue weighted by molar-refractivity contribution is 0.569. The second-order valence-corrected chi connectivity index (χ2v) is 8.16. The van der Waals surface area contributed by atoms with Gasteiger partial charge in [0.25, 0.3) is 10.0 Å². The van der Waals surface area contributed by atoms with Gasteiger partial charge in [0.1, 0.15) is 22.3 Å². The van der Waals surface area contributed by atoms with Crippen molar-refractivity contribution in [3.8, 4) is 0 Å². The van der Waals surface area contributed by atoms with Crippen molar-refractivity contribution >= 4 is 33.1 Å². The number of rotatable bonds is 6. The molecule has 1 atom stereocenters. The van der Waals surface area contributed by atoms with Crippen molar-refractivity contribution in [3.05, 3.63) is 82.8 Å². The first-order valence-corrected chi connectivity index (χ1v) is 10.2. The van der Waals surface area contributed by atoms with Crippen LogP contribution in [0.1, 0.15) is 18.5 Å². The van der Waals surface area contributed by atoms with E-state index in [4.69, 9.17) is 11.6 Å². The van der Waals surface area contributed by atoms with Gasteiger partial charge >= 0.3 is 0 Å². The Morgan fingerprint density at radius 3 is 2.41 bits per heavy atom. The van der Waals surface area contributed by atoms with E-state index in [2.05, 4.69) is 10.3 Å². The number of anilines is 2. The number of aromatic nitrogens is 1. The smallest absolute Gasteiger partial charge is 0.266 e. The van der Waals surface area contributed by atoms with Crippen molar-refractivity contribution in [2.45, 2.75) is 17.9 Å². The van der Waals surface area contributed by atoms with Gasteiger partial charge in [0.05, 0.1) is 16.8 Å². The third kappa shape index (κ3) is 4.80. The number of hydrogen-bond acceptors (Lipinski definition) is 4. The summed E-state index contributed by atoms with van der Waals surface area (Å²) in [5.74, 6) is -2.75. The Labute approximate surface area is 170 Å². The highest BCUT2D eigenvalue weighted by atomic mass is 35.5. The Morgan fingerprint density at radius 2 is 1.72 bits per heavy atom. The average Bonchev–Trinajstić information content (AvgIpc) is 2.64. The molecule has 1 heterocycles. The van der Waals surface area contributed by atoms with E-state index in [1.54, 1.807) is 19.1 Å². The highest BCUT2D eigenvalue weighted by molar-refractivity contribution is 7.92. The molecule has 3 rings (SSSR count). The predicted octanol–water partition coefficient (Wildman–Crippen LogP) is 5.13. The van der Waals surface area contributed by atoms with Crippen molar-refractivity contribution in [3.63, 3.8) is 0 Å². The molecular formula is C19H15ClF3N3O2S. The molecule has 0 bridgehead atoms. The van der Waals surface area contributed by atoms with Crippen LogP contribution in [0.4, 0.5) is 24.7 Å². The lowest BCUT2D eigenvalue weighted by atomic mass is 10.1. The van der Waals surface area contributed by atoms with Crippen molar-refractivity contribution < 1.29 is 21.6 Å². The minimum Gasteiger partial charge on any atom is -0.377 e. The van der Waals surface area contributed by atoms with Gasteiger partial charge in [0.2, 0.25) is 5.95 Å². The second-order valence-electron chi connectivity index (χ2n) is 6.10. The first-order chi connectivity index (χ1) is 13.7. The zero-order valence-corrected chi connectivity index (χ0v) is 16.5. The Hall–Kier alpha value is -2.78. The van der Waals surface area contributed by atoms with Gasteiger partial charge in [-0.05, 0) is 37.3 Å². The first kappa shape index (κ1) is 20.9. The van der Waals surface area contributed by atoms with E-state index >= 15 is 0 Å². The van der Waals surface area contributed by atoms with Crippen LogP contribution in [-0.4, -0.2) is 13.4 Å². The van der Waals surface area contributed by atoms with Crippen LogP contribution in [0.15, 0.2) is 59.5 Å². The number of hydrogen-bond donors (Lipinski definition) is 2. The maximum absolute atomic E-state index is 14.6. The summed E-state index contributed by atoms with van der Waals surface area (Å²) in [6.45, 7) is 1.65. The van der Waals surface area contributed by atoms with Gasteiger partial charge in [-0.3, -0.25) is 4.72 Å². The van der Waals surface area contributed by atoms with E-state index in [0.29, 0.717) is 5.56 Å². The molecule has 10 heteroatoms. The van der Waals surface area contributed by atoms with Crippen LogP contribution in [0.3, 0.4) is 0 Å². The summed E-state index contributed by atoms with van der Waals surface area (Å²) in [5, 5.41) is 2.76. The highest BCUT2D eigenvalue weighted by Crippen LogP contribution is 2.32. The molecule has 152 valence electrons. The molecule has 1 aromatic heterocycles. The van der Waals surface area contributed by atoms with Gasteiger partial charge in [-0.25, -0.2) is 22.2 Å². The first-order valence-electron chi connectivity index (χ1n) is 8.33. The topological polar surface area (TPSA) is 71.1 Å². The Kier molecular flexibility index (Phi) is 5.99. The summed E-state index contributed by atoms with van der Waals surface area (Å²) in [6, 6.07) is 10.8. The molecule has 2 aromatic carbocycles. The number of sulfonamides is 1. The molecule has 0 amide bonds. The molecule has 3 aromatic rings. The molecule has 0 radical (unpaired) electrons. The molecule has 0 aliphatic rings. The average molecular weight is 442 g/mol. The second kappa shape index (κ2) is 8.30. The summed E-state index contributed by atoms with van der Waals surface area (Å²) >= 11 is 6.12. The molecule has 0 spiro atoms. The molecular weight excluding hydrogens is 427 g/mol. The van der Waals surface area contributed by atoms with Gasteiger partial charge in [-0.15, -0.1) is 0 Å². The maximum atomic E-state index is 14.6. The predicted molar refractivity (Wildman–Crippen MR) is 105 cm³/mol. The Balaban J connectivity index is 1.88. The van der Waals surface area contributed by atoms with Crippen LogP contribution < -0.4 is 10.0 Å². The summed E-state index contributed by atoms with van der Waals surface area (Å²) in [7, 11) is -4.41. The third-order valence-corrected chi connectivity index (χ3v) is 5.69. The standard InChI is InChI=1S/C19H15ClF3N3O2S/c1-11(12-5-2-3-6-14(12)21)24-16-10-15(22)17(9-13(16)20)29(27,28)26-19-8-4-7-18(23)25-19/h2-11,24H,1H3,(H,25,26)/t11-/m0/s1. The molecule has 29 heavy (non-hydrogen) atoms. The molecule has 0 saturated heterocycles. The zero-order valence-electron chi connectivity index (χ0n) is 15.0. The third-order valence-electron chi connectivity index (χ3n) is 4.01. The van der Waals surface area contributed by atoms with Crippen LogP contribution in [0.2, 0.25) is 5.02 Å². The van der Waals surface area contributed by atoms with E-state index < -0.39 is 38.5 Å². The van der Waals surface area contributed by atoms with Crippen LogP contribution in [0, 0.1) is 17.6 Å². The normalized spacial score (nSPS) is 12.4. The fourth-order valence-corrected chi connectivity index (χ4v) is 4.01. The minimum absolute atomic E-state index is 0.0859. The van der Waals surface area contributed by atoms with Gasteiger partial charge in [-0.2, -0.15) is 4.39 Å². The van der Waals surface area contributed by atoms with Gasteiger partial charge in [0.15, 0.2) is 0 Å². The fraction of sp³-hybridized carbons (Fsp3) is 0.105. The molecule has 2 N–H and O–H groups in total. The molecule has 0 aliphatic heterocycles. The van der Waals surface area contributed by atoms with E-state index in [0.717, 1.165) is 18.2 Å². The Morgan fingerprint density at radius 1 is 1.00 bits per heavy atom. The molecule has 0 aliphatic carbocycles. The lowest BCUT2D eigenvalue weighted by Crippen LogP contribution is -2.16. The molecule has 0 fully saturated rings. The maximum Gasteiger partial charge on any atom is 0.266 e. The van der Waals surface area contributed by atoms with Crippen LogP contribution in [-0.2, 0) is 10.0 Å². The quantitative estimate of drug-likeness (QED) is 0.520. The summed E-state index contributed by atoms with van der Waals surface area (Å²) in [6.07, 6.45) is 0. The SMILES string of the molecule is C[C@H](Nc1cc(F)c(S(=O)(=O)Nc2cccc(F)n2)cc1Cl)c1ccccc1F. The van der Waals surface area contributed by atoms with Crippen LogP contribution in [0.5, 0.6) is 0 Å². The lowest BCUT2D eigenvalue weighted by Gasteiger charge is -2.18. The highest BCUT2D eigenvalue weighted by Gasteiger charge is 2.23. The van der Waals surface area contributed by atoms with Crippen molar-refractivity contribution in [1.29, 1.82) is 0 Å². The summed E-state index contributed by atoms with van der Waals surface area (Å²) < 4.78 is 68.5. The largest absolute Gasteiger partial charge is 0.377 e. The van der Waals surface area contributed by atoms with E-state index in [1.165, 1.54) is 24.3 Å². The van der Waals surface area contributed by atoms with Gasteiger partial charge in [-0.1, -0.05) is 35.9 Å². The van der Waals surface area contributed by atoms with Crippen molar-refractivity contribution in [2.75, 3.05) is 10.0 Å². The van der Waals surface area contributed by atoms with E-state index in [9.17, 15) is 21.6 Å². The number of nitrogens with one attached hydrogen (secondary N) is 2. The van der Waals surface area contributed by atoms with Crippen molar-refractivity contribution in [1.82, 2.24) is 4.98 Å². The fourth-order valence-electron chi connectivity index (χ4n) is 2.64. The van der Waals surface area contributed by atoms with Gasteiger partial charge < -0.3 is 5.32 Å². The van der Waals surface area contributed by atoms with E-state index in [-0.39, 0.29) is 16.5 Å². The van der Waals surface area contributed by atoms with Crippen LogP contribution >= 0.6 is 11.6 Å². The number of nitrogens with zero attached hydrogens (tertiary/aromatic N) is 1. The van der Waals surface area contributed by atoms with Crippen molar-refractivity contribution in [2.24, 2.45) is 0 Å². The number of benzene rings is 2. The molecule has 0 unspecified atom stereocenters. The zero-order chi connectivity index (χ0) is 21.2. The Bertz CT molecular complexity index is 1160. The summed E-state index contributed by atoms with van der Waals surface area (Å²) in [4.78, 5) is 2.64. The minimum atomic E-state index is -4.41. The molecule has 5 nitrogen and oxygen atoms in total. The number of halogens is 4. The molecule has 0 saturated carbocycles.